The molecule has 0 spiro atoms. The molecule has 12 heavy (non-hydrogen) atoms. The van der Waals surface area contributed by atoms with E-state index >= 15 is 0 Å². The van der Waals surface area contributed by atoms with E-state index in [0.29, 0.717) is 0 Å². The normalized spacial score (nSPS) is 32.8. The summed E-state index contributed by atoms with van der Waals surface area (Å²) >= 11 is 0. The van der Waals surface area contributed by atoms with Crippen LogP contribution in [0.3, 0.4) is 0 Å². The Kier molecular flexibility index (Phi) is 3.05. The van der Waals surface area contributed by atoms with Gasteiger partial charge in [0.25, 0.3) is 0 Å². The van der Waals surface area contributed by atoms with E-state index in [1.165, 1.54) is 0 Å². The van der Waals surface area contributed by atoms with E-state index in [9.17, 15) is 4.79 Å². The molecule has 2 unspecified atom stereocenters. The molecule has 0 aromatic rings. The van der Waals surface area contributed by atoms with Gasteiger partial charge in [0, 0.05) is 6.04 Å². The molecule has 4 heteroatoms. The predicted molar refractivity (Wildman–Crippen MR) is 47.7 cm³/mol. The van der Waals surface area contributed by atoms with Crippen LogP contribution in [0.4, 0.5) is 0 Å². The molecule has 2 atom stereocenters. The van der Waals surface area contributed by atoms with Gasteiger partial charge in [0.2, 0.25) is 5.91 Å². The smallest absolute Gasteiger partial charge is 0.236 e. The Morgan fingerprint density at radius 3 is 2.92 bits per heavy atom. The van der Waals surface area contributed by atoms with Crippen molar-refractivity contribution in [3.8, 4) is 0 Å². The maximum absolute atomic E-state index is 11.1. The number of carbonyl (C=O) groups is 1. The van der Waals surface area contributed by atoms with Crippen molar-refractivity contribution in [2.45, 2.75) is 25.4 Å². The molecule has 0 aromatic heterocycles. The fourth-order valence-corrected chi connectivity index (χ4v) is 1.75. The first-order valence-corrected chi connectivity index (χ1v) is 4.36. The van der Waals surface area contributed by atoms with Crippen LogP contribution >= 0.6 is 0 Å². The Morgan fingerprint density at radius 2 is 2.33 bits per heavy atom. The fraction of sp³-hybridized carbons (Fsp3) is 0.875. The van der Waals surface area contributed by atoms with Gasteiger partial charge in [-0.25, -0.2) is 0 Å². The maximum atomic E-state index is 11.1. The maximum Gasteiger partial charge on any atom is 0.236 e. The van der Waals surface area contributed by atoms with E-state index in [1.807, 2.05) is 18.9 Å². The minimum atomic E-state index is -0.237. The number of hydrogen-bond donors (Lipinski definition) is 2. The van der Waals surface area contributed by atoms with Crippen LogP contribution in [0.15, 0.2) is 0 Å². The average molecular weight is 171 g/mol. The molecule has 0 radical (unpaired) electrons. The van der Waals surface area contributed by atoms with E-state index in [1.54, 1.807) is 0 Å². The monoisotopic (exact) mass is 171 g/mol. The molecule has 1 amide bonds. The lowest BCUT2D eigenvalue weighted by Crippen LogP contribution is -2.52. The van der Waals surface area contributed by atoms with Gasteiger partial charge in [-0.1, -0.05) is 0 Å². The molecule has 1 aliphatic heterocycles. The highest BCUT2D eigenvalue weighted by atomic mass is 16.1. The summed E-state index contributed by atoms with van der Waals surface area (Å²) in [4.78, 5) is 13.1. The first-order valence-electron chi connectivity index (χ1n) is 4.36. The first kappa shape index (κ1) is 9.48. The number of amides is 1. The second kappa shape index (κ2) is 3.87. The summed E-state index contributed by atoms with van der Waals surface area (Å²) in [6, 6.07) is 0.00231. The summed E-state index contributed by atoms with van der Waals surface area (Å²) in [5.41, 5.74) is 5.30. The minimum Gasteiger partial charge on any atom is -0.368 e. The molecule has 1 heterocycles. The zero-order valence-corrected chi connectivity index (χ0v) is 7.71. The molecular weight excluding hydrogens is 154 g/mol. The van der Waals surface area contributed by atoms with Crippen molar-refractivity contribution in [2.75, 3.05) is 20.1 Å². The SMILES string of the molecule is CC1NCCCN(C)C1C(N)=O. The van der Waals surface area contributed by atoms with Gasteiger partial charge in [-0.2, -0.15) is 0 Å². The summed E-state index contributed by atoms with van der Waals surface area (Å²) < 4.78 is 0. The minimum absolute atomic E-state index is 0.160. The van der Waals surface area contributed by atoms with Gasteiger partial charge in [-0.15, -0.1) is 0 Å². The third-order valence-corrected chi connectivity index (χ3v) is 2.39. The molecule has 0 saturated carbocycles. The van der Waals surface area contributed by atoms with E-state index in [0.717, 1.165) is 19.5 Å². The second-order valence-corrected chi connectivity index (χ2v) is 3.42. The molecule has 1 aliphatic rings. The summed E-state index contributed by atoms with van der Waals surface area (Å²) in [7, 11) is 1.94. The quantitative estimate of drug-likeness (QED) is 0.540. The predicted octanol–water partition coefficient (Wildman–Crippen LogP) is -0.846. The van der Waals surface area contributed by atoms with Crippen LogP contribution in [0.25, 0.3) is 0 Å². The number of nitrogens with zero attached hydrogens (tertiary/aromatic N) is 1. The van der Waals surface area contributed by atoms with Crippen LogP contribution < -0.4 is 11.1 Å². The number of nitrogens with two attached hydrogens (primary N) is 1. The van der Waals surface area contributed by atoms with Crippen molar-refractivity contribution in [1.29, 1.82) is 0 Å². The summed E-state index contributed by atoms with van der Waals surface area (Å²) in [5.74, 6) is -0.237. The van der Waals surface area contributed by atoms with Crippen LogP contribution in [-0.4, -0.2) is 43.0 Å². The van der Waals surface area contributed by atoms with Crippen LogP contribution in [0, 0.1) is 0 Å². The Hall–Kier alpha value is -0.610. The van der Waals surface area contributed by atoms with Gasteiger partial charge < -0.3 is 11.1 Å². The lowest BCUT2D eigenvalue weighted by molar-refractivity contribution is -0.123. The van der Waals surface area contributed by atoms with Gasteiger partial charge in [-0.3, -0.25) is 9.69 Å². The molecule has 0 aromatic carbocycles. The zero-order chi connectivity index (χ0) is 9.14. The molecular formula is C8H17N3O. The van der Waals surface area contributed by atoms with Crippen molar-refractivity contribution >= 4 is 5.91 Å². The highest BCUT2D eigenvalue weighted by Gasteiger charge is 2.28. The van der Waals surface area contributed by atoms with Crippen molar-refractivity contribution in [3.63, 3.8) is 0 Å². The average Bonchev–Trinajstić information content (AvgIpc) is 2.11. The van der Waals surface area contributed by atoms with Gasteiger partial charge >= 0.3 is 0 Å². The highest BCUT2D eigenvalue weighted by Crippen LogP contribution is 2.06. The number of likely N-dealkylation sites (N-methyl/N-ethyl adjacent to an activating group) is 1. The topological polar surface area (TPSA) is 58.4 Å². The molecule has 1 rings (SSSR count). The standard InChI is InChI=1S/C8H17N3O/c1-6-7(8(9)12)11(2)5-3-4-10-6/h6-7,10H,3-5H2,1-2H3,(H2,9,12). The Labute approximate surface area is 73.1 Å². The molecule has 4 nitrogen and oxygen atoms in total. The van der Waals surface area contributed by atoms with Gasteiger partial charge in [0.05, 0.1) is 0 Å². The summed E-state index contributed by atoms with van der Waals surface area (Å²) in [6.07, 6.45) is 1.07. The third kappa shape index (κ3) is 1.95. The first-order chi connectivity index (χ1) is 5.63. The van der Waals surface area contributed by atoms with Gasteiger partial charge in [0.15, 0.2) is 0 Å². The largest absolute Gasteiger partial charge is 0.368 e. The number of primary amides is 1. The van der Waals surface area contributed by atoms with E-state index in [4.69, 9.17) is 5.73 Å². The van der Waals surface area contributed by atoms with Crippen molar-refractivity contribution in [1.82, 2.24) is 10.2 Å². The summed E-state index contributed by atoms with van der Waals surface area (Å²) in [5, 5.41) is 3.26. The Bertz CT molecular complexity index is 160. The van der Waals surface area contributed by atoms with Crippen LogP contribution in [-0.2, 0) is 4.79 Å². The second-order valence-electron chi connectivity index (χ2n) is 3.42. The Morgan fingerprint density at radius 1 is 1.67 bits per heavy atom. The van der Waals surface area contributed by atoms with E-state index in [2.05, 4.69) is 5.32 Å². The number of nitrogens with one attached hydrogen (secondary N) is 1. The van der Waals surface area contributed by atoms with E-state index < -0.39 is 0 Å². The molecule has 0 aliphatic carbocycles. The summed E-state index contributed by atoms with van der Waals surface area (Å²) in [6.45, 7) is 3.90. The van der Waals surface area contributed by atoms with Crippen LogP contribution in [0.1, 0.15) is 13.3 Å². The molecule has 3 N–H and O–H groups in total. The van der Waals surface area contributed by atoms with Gasteiger partial charge in [-0.05, 0) is 33.5 Å². The lowest BCUT2D eigenvalue weighted by atomic mass is 10.1. The zero-order valence-electron chi connectivity index (χ0n) is 7.71. The lowest BCUT2D eigenvalue weighted by Gasteiger charge is -2.27. The molecule has 0 bridgehead atoms. The number of rotatable bonds is 1. The highest BCUT2D eigenvalue weighted by molar-refractivity contribution is 5.80. The molecule has 70 valence electrons. The van der Waals surface area contributed by atoms with E-state index in [-0.39, 0.29) is 18.0 Å². The van der Waals surface area contributed by atoms with Gasteiger partial charge in [0.1, 0.15) is 6.04 Å². The van der Waals surface area contributed by atoms with Crippen molar-refractivity contribution in [2.24, 2.45) is 5.73 Å². The Balaban J connectivity index is 2.68. The van der Waals surface area contributed by atoms with Crippen molar-refractivity contribution in [3.05, 3.63) is 0 Å². The number of carbonyl (C=O) groups excluding carboxylic acids is 1. The molecule has 1 fully saturated rings. The fourth-order valence-electron chi connectivity index (χ4n) is 1.75. The van der Waals surface area contributed by atoms with Crippen LogP contribution in [0.2, 0.25) is 0 Å². The third-order valence-electron chi connectivity index (χ3n) is 2.39. The number of hydrogen-bond acceptors (Lipinski definition) is 3. The van der Waals surface area contributed by atoms with Crippen LogP contribution in [0.5, 0.6) is 0 Å². The van der Waals surface area contributed by atoms with Crippen molar-refractivity contribution < 1.29 is 4.79 Å². The molecule has 1 saturated heterocycles.